The molecule has 0 aromatic rings. The number of hydrogen-bond acceptors (Lipinski definition) is 1. The van der Waals surface area contributed by atoms with Gasteiger partial charge in [0.1, 0.15) is 0 Å². The lowest BCUT2D eigenvalue weighted by molar-refractivity contribution is 0.393. The average molecular weight is 143 g/mol. The molecule has 0 spiro atoms. The molecule has 0 atom stereocenters. The van der Waals surface area contributed by atoms with Crippen molar-refractivity contribution in [3.8, 4) is 0 Å². The van der Waals surface area contributed by atoms with E-state index >= 15 is 0 Å². The van der Waals surface area contributed by atoms with Gasteiger partial charge in [-0.2, -0.15) is 0 Å². The minimum Gasteiger partial charge on any atom is -0.349 e. The Hall–Kier alpha value is -0.730. The van der Waals surface area contributed by atoms with Crippen molar-refractivity contribution in [3.05, 3.63) is 0 Å². The first-order chi connectivity index (χ1) is 4.63. The number of nitrogens with one attached hydrogen (secondary N) is 1. The molecule has 0 amide bonds. The van der Waals surface area contributed by atoms with E-state index in [9.17, 15) is 0 Å². The lowest BCUT2D eigenvalue weighted by atomic mass is 10.5. The molecule has 10 heavy (non-hydrogen) atoms. The summed E-state index contributed by atoms with van der Waals surface area (Å²) >= 11 is 0. The number of rotatable bonds is 2. The van der Waals surface area contributed by atoms with Crippen LogP contribution < -0.4 is 0 Å². The molecule has 0 aliphatic rings. The normalized spacial score (nSPS) is 9.20. The van der Waals surface area contributed by atoms with Crippen molar-refractivity contribution in [2.75, 3.05) is 27.2 Å². The Morgan fingerprint density at radius 2 is 1.60 bits per heavy atom. The highest BCUT2D eigenvalue weighted by atomic mass is 15.3. The number of hydrogen-bond donors (Lipinski definition) is 1. The summed E-state index contributed by atoms with van der Waals surface area (Å²) < 4.78 is 0. The molecule has 0 aromatic carbocycles. The minimum absolute atomic E-state index is 0.588. The number of nitrogens with zero attached hydrogens (tertiary/aromatic N) is 2. The molecular weight excluding hydrogens is 126 g/mol. The quantitative estimate of drug-likeness (QED) is 0.458. The monoisotopic (exact) mass is 143 g/mol. The third-order valence-electron chi connectivity index (χ3n) is 1.49. The fourth-order valence-corrected chi connectivity index (χ4v) is 0.806. The van der Waals surface area contributed by atoms with Gasteiger partial charge in [-0.1, -0.05) is 0 Å². The van der Waals surface area contributed by atoms with Crippen molar-refractivity contribution in [1.29, 1.82) is 5.41 Å². The smallest absolute Gasteiger partial charge is 0.193 e. The molecule has 0 bridgehead atoms. The molecule has 3 heteroatoms. The molecule has 0 heterocycles. The predicted molar refractivity (Wildman–Crippen MR) is 44.3 cm³/mol. The third kappa shape index (κ3) is 2.25. The molecular formula is C7H17N3. The predicted octanol–water partition coefficient (Wildman–Crippen LogP) is 0.825. The standard InChI is InChI=1S/C7H17N3/c1-5-10(6-2)7(8)9(3)4/h8H,5-6H2,1-4H3. The van der Waals surface area contributed by atoms with Gasteiger partial charge in [-0.25, -0.2) is 0 Å². The van der Waals surface area contributed by atoms with Gasteiger partial charge in [-0.3, -0.25) is 5.41 Å². The second-order valence-corrected chi connectivity index (χ2v) is 2.39. The summed E-state index contributed by atoms with van der Waals surface area (Å²) in [5.41, 5.74) is 0. The highest BCUT2D eigenvalue weighted by Gasteiger charge is 2.05. The molecule has 0 fully saturated rings. The van der Waals surface area contributed by atoms with Gasteiger partial charge >= 0.3 is 0 Å². The second-order valence-electron chi connectivity index (χ2n) is 2.39. The molecule has 1 N–H and O–H groups in total. The molecule has 0 unspecified atom stereocenters. The van der Waals surface area contributed by atoms with E-state index in [1.54, 1.807) is 0 Å². The van der Waals surface area contributed by atoms with Crippen LogP contribution in [0.1, 0.15) is 13.8 Å². The Morgan fingerprint density at radius 3 is 1.70 bits per heavy atom. The van der Waals surface area contributed by atoms with Crippen molar-refractivity contribution < 1.29 is 0 Å². The van der Waals surface area contributed by atoms with Crippen molar-refractivity contribution in [2.45, 2.75) is 13.8 Å². The molecule has 0 aliphatic heterocycles. The molecule has 0 aromatic heterocycles. The Labute approximate surface area is 63.1 Å². The molecule has 60 valence electrons. The van der Waals surface area contributed by atoms with Gasteiger partial charge in [-0.05, 0) is 13.8 Å². The Balaban J connectivity index is 3.89. The lowest BCUT2D eigenvalue weighted by Gasteiger charge is -2.26. The topological polar surface area (TPSA) is 30.3 Å². The zero-order valence-corrected chi connectivity index (χ0v) is 7.31. The lowest BCUT2D eigenvalue weighted by Crippen LogP contribution is -2.39. The second kappa shape index (κ2) is 4.14. The zero-order chi connectivity index (χ0) is 8.15. The Morgan fingerprint density at radius 1 is 1.20 bits per heavy atom. The van der Waals surface area contributed by atoms with E-state index in [2.05, 4.69) is 13.8 Å². The van der Waals surface area contributed by atoms with E-state index in [4.69, 9.17) is 5.41 Å². The van der Waals surface area contributed by atoms with Crippen LogP contribution in [-0.2, 0) is 0 Å². The summed E-state index contributed by atoms with van der Waals surface area (Å²) in [6, 6.07) is 0. The first-order valence-corrected chi connectivity index (χ1v) is 3.64. The van der Waals surface area contributed by atoms with Gasteiger partial charge in [0, 0.05) is 27.2 Å². The van der Waals surface area contributed by atoms with Crippen LogP contribution in [0.4, 0.5) is 0 Å². The van der Waals surface area contributed by atoms with Crippen molar-refractivity contribution in [2.24, 2.45) is 0 Å². The largest absolute Gasteiger partial charge is 0.349 e. The molecule has 0 saturated carbocycles. The summed E-state index contributed by atoms with van der Waals surface area (Å²) in [5.74, 6) is 0.588. The highest BCUT2D eigenvalue weighted by Crippen LogP contribution is 1.90. The van der Waals surface area contributed by atoms with Crippen LogP contribution in [0.3, 0.4) is 0 Å². The fourth-order valence-electron chi connectivity index (χ4n) is 0.806. The summed E-state index contributed by atoms with van der Waals surface area (Å²) in [7, 11) is 3.78. The van der Waals surface area contributed by atoms with Crippen LogP contribution in [0, 0.1) is 5.41 Å². The van der Waals surface area contributed by atoms with Gasteiger partial charge in [-0.15, -0.1) is 0 Å². The van der Waals surface area contributed by atoms with Crippen LogP contribution in [0.5, 0.6) is 0 Å². The zero-order valence-electron chi connectivity index (χ0n) is 7.31. The van der Waals surface area contributed by atoms with Gasteiger partial charge in [0.2, 0.25) is 0 Å². The van der Waals surface area contributed by atoms with Crippen LogP contribution in [0.15, 0.2) is 0 Å². The maximum Gasteiger partial charge on any atom is 0.193 e. The summed E-state index contributed by atoms with van der Waals surface area (Å²) in [6.07, 6.45) is 0. The first-order valence-electron chi connectivity index (χ1n) is 3.64. The highest BCUT2D eigenvalue weighted by molar-refractivity contribution is 5.76. The molecule has 0 radical (unpaired) electrons. The van der Waals surface area contributed by atoms with E-state index < -0.39 is 0 Å². The van der Waals surface area contributed by atoms with Crippen molar-refractivity contribution in [1.82, 2.24) is 9.80 Å². The maximum atomic E-state index is 7.55. The minimum atomic E-state index is 0.588. The third-order valence-corrected chi connectivity index (χ3v) is 1.49. The van der Waals surface area contributed by atoms with Crippen molar-refractivity contribution in [3.63, 3.8) is 0 Å². The van der Waals surface area contributed by atoms with Gasteiger partial charge < -0.3 is 9.80 Å². The molecule has 0 aliphatic carbocycles. The van der Waals surface area contributed by atoms with Crippen LogP contribution >= 0.6 is 0 Å². The SMILES string of the molecule is CCN(CC)C(=N)N(C)C. The van der Waals surface area contributed by atoms with Gasteiger partial charge in [0.05, 0.1) is 0 Å². The summed E-state index contributed by atoms with van der Waals surface area (Å²) in [6.45, 7) is 5.93. The summed E-state index contributed by atoms with van der Waals surface area (Å²) in [5, 5.41) is 7.55. The van der Waals surface area contributed by atoms with E-state index in [-0.39, 0.29) is 0 Å². The Bertz CT molecular complexity index is 105. The molecule has 3 nitrogen and oxygen atoms in total. The van der Waals surface area contributed by atoms with E-state index in [1.807, 2.05) is 23.9 Å². The maximum absolute atomic E-state index is 7.55. The molecule has 0 rings (SSSR count). The van der Waals surface area contributed by atoms with Crippen LogP contribution in [0.2, 0.25) is 0 Å². The van der Waals surface area contributed by atoms with Crippen LogP contribution in [-0.4, -0.2) is 42.9 Å². The number of guanidine groups is 1. The average Bonchev–Trinajstić information content (AvgIpc) is 1.90. The van der Waals surface area contributed by atoms with Crippen LogP contribution in [0.25, 0.3) is 0 Å². The van der Waals surface area contributed by atoms with Gasteiger partial charge in [0.15, 0.2) is 5.96 Å². The first kappa shape index (κ1) is 9.27. The molecule has 0 saturated heterocycles. The van der Waals surface area contributed by atoms with Gasteiger partial charge in [0.25, 0.3) is 0 Å². The van der Waals surface area contributed by atoms with E-state index in [1.165, 1.54) is 0 Å². The van der Waals surface area contributed by atoms with E-state index in [0.717, 1.165) is 13.1 Å². The summed E-state index contributed by atoms with van der Waals surface area (Å²) in [4.78, 5) is 3.81. The van der Waals surface area contributed by atoms with Crippen molar-refractivity contribution >= 4 is 5.96 Å². The Kier molecular flexibility index (Phi) is 3.84. The fraction of sp³-hybridized carbons (Fsp3) is 0.857. The van der Waals surface area contributed by atoms with E-state index in [0.29, 0.717) is 5.96 Å².